The number of hydrogen-bond acceptors (Lipinski definition) is 5. The van der Waals surface area contributed by atoms with E-state index in [0.29, 0.717) is 6.42 Å². The molecule has 0 radical (unpaired) electrons. The van der Waals surface area contributed by atoms with E-state index in [9.17, 15) is 19.7 Å². The minimum atomic E-state index is -0.804. The number of nitrogens with zero attached hydrogens (tertiary/aromatic N) is 1. The fourth-order valence-corrected chi connectivity index (χ4v) is 2.85. The minimum Gasteiger partial charge on any atom is -0.469 e. The maximum Gasteiger partial charge on any atom is 0.288 e. The van der Waals surface area contributed by atoms with Crippen molar-refractivity contribution in [3.8, 4) is 0 Å². The van der Waals surface area contributed by atoms with Gasteiger partial charge in [0.15, 0.2) is 0 Å². The van der Waals surface area contributed by atoms with Crippen LogP contribution in [0.4, 0.5) is 5.69 Å². The Morgan fingerprint density at radius 3 is 2.50 bits per heavy atom. The fraction of sp³-hybridized carbons (Fsp3) is 0.368. The molecule has 2 unspecified atom stereocenters. The number of benzene rings is 1. The Kier molecular flexibility index (Phi) is 7.17. The number of hydrogen-bond donors (Lipinski definition) is 2. The van der Waals surface area contributed by atoms with Crippen LogP contribution in [0.5, 0.6) is 0 Å². The number of halogens is 1. The van der Waals surface area contributed by atoms with Crippen LogP contribution in [-0.4, -0.2) is 28.8 Å². The molecule has 0 spiro atoms. The highest BCUT2D eigenvalue weighted by molar-refractivity contribution is 6.32. The normalized spacial score (nSPS) is 13.0. The second-order valence-electron chi connectivity index (χ2n) is 6.81. The molecule has 2 N–H and O–H groups in total. The number of carbonyl (C=O) groups excluding carboxylic acids is 2. The highest BCUT2D eigenvalue weighted by atomic mass is 35.5. The summed E-state index contributed by atoms with van der Waals surface area (Å²) < 4.78 is 5.27. The number of nitrogens with one attached hydrogen (secondary N) is 2. The maximum atomic E-state index is 12.6. The predicted octanol–water partition coefficient (Wildman–Crippen LogP) is 3.34. The summed E-state index contributed by atoms with van der Waals surface area (Å²) in [6.45, 7) is 5.43. The second kappa shape index (κ2) is 9.36. The molecule has 9 heteroatoms. The smallest absolute Gasteiger partial charge is 0.288 e. The Labute approximate surface area is 167 Å². The molecule has 2 rings (SSSR count). The summed E-state index contributed by atoms with van der Waals surface area (Å²) in [6.07, 6.45) is 2.08. The molecule has 2 atom stereocenters. The van der Waals surface area contributed by atoms with Crippen molar-refractivity contribution in [2.75, 3.05) is 0 Å². The lowest BCUT2D eigenvalue weighted by Crippen LogP contribution is -2.52. The van der Waals surface area contributed by atoms with Gasteiger partial charge in [0, 0.05) is 24.1 Å². The van der Waals surface area contributed by atoms with Crippen molar-refractivity contribution in [3.05, 3.63) is 63.1 Å². The summed E-state index contributed by atoms with van der Waals surface area (Å²) >= 11 is 5.77. The number of nitro benzene ring substituents is 1. The second-order valence-corrected chi connectivity index (χ2v) is 7.22. The van der Waals surface area contributed by atoms with Gasteiger partial charge in [-0.15, -0.1) is 0 Å². The molecule has 28 heavy (non-hydrogen) atoms. The van der Waals surface area contributed by atoms with Gasteiger partial charge in [0.1, 0.15) is 16.8 Å². The molecule has 0 saturated heterocycles. The number of amides is 2. The quantitative estimate of drug-likeness (QED) is 0.514. The third-order valence-electron chi connectivity index (χ3n) is 4.12. The lowest BCUT2D eigenvalue weighted by Gasteiger charge is -2.24. The van der Waals surface area contributed by atoms with E-state index < -0.39 is 16.9 Å². The maximum absolute atomic E-state index is 12.6. The topological polar surface area (TPSA) is 114 Å². The molecule has 2 aromatic rings. The first-order chi connectivity index (χ1) is 13.2. The van der Waals surface area contributed by atoms with Crippen LogP contribution < -0.4 is 10.6 Å². The minimum absolute atomic E-state index is 0.0539. The van der Waals surface area contributed by atoms with Gasteiger partial charge in [-0.05, 0) is 37.1 Å². The van der Waals surface area contributed by atoms with Gasteiger partial charge in [-0.2, -0.15) is 0 Å². The van der Waals surface area contributed by atoms with Crippen LogP contribution in [-0.2, 0) is 11.2 Å². The average Bonchev–Trinajstić information content (AvgIpc) is 3.11. The summed E-state index contributed by atoms with van der Waals surface area (Å²) in [4.78, 5) is 35.5. The van der Waals surface area contributed by atoms with Crippen LogP contribution in [0.2, 0.25) is 5.02 Å². The highest BCUT2D eigenvalue weighted by Crippen LogP contribution is 2.25. The monoisotopic (exact) mass is 407 g/mol. The van der Waals surface area contributed by atoms with Crippen molar-refractivity contribution in [1.29, 1.82) is 0 Å². The summed E-state index contributed by atoms with van der Waals surface area (Å²) in [7, 11) is 0. The van der Waals surface area contributed by atoms with Gasteiger partial charge in [0.2, 0.25) is 5.91 Å². The SMILES string of the molecule is CC(Cc1ccco1)NC(=O)C(NC(=O)c1ccc(Cl)c([N+](=O)[O-])c1)C(C)C. The van der Waals surface area contributed by atoms with Gasteiger partial charge in [-0.1, -0.05) is 25.4 Å². The van der Waals surface area contributed by atoms with E-state index in [4.69, 9.17) is 16.0 Å². The van der Waals surface area contributed by atoms with Crippen LogP contribution in [0.3, 0.4) is 0 Å². The lowest BCUT2D eigenvalue weighted by molar-refractivity contribution is -0.384. The molecular weight excluding hydrogens is 386 g/mol. The third kappa shape index (κ3) is 5.56. The molecule has 8 nitrogen and oxygen atoms in total. The van der Waals surface area contributed by atoms with Crippen molar-refractivity contribution in [2.45, 2.75) is 39.3 Å². The van der Waals surface area contributed by atoms with Gasteiger partial charge in [0.05, 0.1) is 11.2 Å². The first-order valence-corrected chi connectivity index (χ1v) is 9.14. The van der Waals surface area contributed by atoms with E-state index in [1.54, 1.807) is 26.2 Å². The van der Waals surface area contributed by atoms with Gasteiger partial charge < -0.3 is 15.1 Å². The number of nitro groups is 1. The fourth-order valence-electron chi connectivity index (χ4n) is 2.67. The molecule has 0 aliphatic rings. The van der Waals surface area contributed by atoms with E-state index in [-0.39, 0.29) is 34.1 Å². The van der Waals surface area contributed by atoms with Crippen molar-refractivity contribution < 1.29 is 18.9 Å². The number of furan rings is 1. The lowest BCUT2D eigenvalue weighted by atomic mass is 10.0. The molecule has 1 heterocycles. The summed E-state index contributed by atoms with van der Waals surface area (Å²) in [5, 5.41) is 16.4. The van der Waals surface area contributed by atoms with Crippen LogP contribution in [0.1, 0.15) is 36.9 Å². The standard InChI is InChI=1S/C19H22ClN3O5/c1-11(2)17(19(25)21-12(3)9-14-5-4-8-28-14)22-18(24)13-6-7-15(20)16(10-13)23(26)27/h4-8,10-12,17H,9H2,1-3H3,(H,21,25)(H,22,24). The predicted molar refractivity (Wildman–Crippen MR) is 104 cm³/mol. The molecule has 0 bridgehead atoms. The zero-order valence-corrected chi connectivity index (χ0v) is 16.5. The van der Waals surface area contributed by atoms with E-state index in [2.05, 4.69) is 10.6 Å². The summed E-state index contributed by atoms with van der Waals surface area (Å²) in [5.74, 6) is -0.383. The molecule has 150 valence electrons. The van der Waals surface area contributed by atoms with Crippen molar-refractivity contribution in [1.82, 2.24) is 10.6 Å². The molecule has 1 aromatic carbocycles. The Morgan fingerprint density at radius 1 is 1.21 bits per heavy atom. The summed E-state index contributed by atoms with van der Waals surface area (Å²) in [5.41, 5.74) is -0.315. The highest BCUT2D eigenvalue weighted by Gasteiger charge is 2.27. The number of rotatable bonds is 8. The van der Waals surface area contributed by atoms with Crippen LogP contribution in [0, 0.1) is 16.0 Å². The Bertz CT molecular complexity index is 851. The first-order valence-electron chi connectivity index (χ1n) is 8.76. The van der Waals surface area contributed by atoms with Crippen LogP contribution in [0.25, 0.3) is 0 Å². The van der Waals surface area contributed by atoms with Crippen molar-refractivity contribution >= 4 is 29.1 Å². The van der Waals surface area contributed by atoms with Crippen LogP contribution in [0.15, 0.2) is 41.0 Å². The van der Waals surface area contributed by atoms with E-state index >= 15 is 0 Å². The van der Waals surface area contributed by atoms with Gasteiger partial charge in [0.25, 0.3) is 11.6 Å². The van der Waals surface area contributed by atoms with E-state index in [1.165, 1.54) is 12.1 Å². The molecule has 0 aliphatic carbocycles. The first kappa shape index (κ1) is 21.4. The Hall–Kier alpha value is -2.87. The Balaban J connectivity index is 2.07. The molecule has 0 aliphatic heterocycles. The van der Waals surface area contributed by atoms with E-state index in [1.807, 2.05) is 13.0 Å². The average molecular weight is 408 g/mol. The molecule has 2 amide bonds. The van der Waals surface area contributed by atoms with Crippen LogP contribution >= 0.6 is 11.6 Å². The molecule has 0 fully saturated rings. The van der Waals surface area contributed by atoms with E-state index in [0.717, 1.165) is 11.8 Å². The largest absolute Gasteiger partial charge is 0.469 e. The zero-order valence-electron chi connectivity index (χ0n) is 15.8. The molecule has 0 saturated carbocycles. The molecule has 1 aromatic heterocycles. The zero-order chi connectivity index (χ0) is 20.8. The van der Waals surface area contributed by atoms with Crippen molar-refractivity contribution in [3.63, 3.8) is 0 Å². The third-order valence-corrected chi connectivity index (χ3v) is 4.44. The van der Waals surface area contributed by atoms with Gasteiger partial charge in [-0.25, -0.2) is 0 Å². The molecular formula is C19H22ClN3O5. The van der Waals surface area contributed by atoms with Gasteiger partial charge >= 0.3 is 0 Å². The number of carbonyl (C=O) groups is 2. The Morgan fingerprint density at radius 2 is 1.93 bits per heavy atom. The summed E-state index contributed by atoms with van der Waals surface area (Å²) in [6, 6.07) is 6.33. The van der Waals surface area contributed by atoms with Gasteiger partial charge in [-0.3, -0.25) is 19.7 Å². The van der Waals surface area contributed by atoms with Crippen molar-refractivity contribution in [2.24, 2.45) is 5.92 Å².